The number of aromatic nitrogens is 5. The van der Waals surface area contributed by atoms with Gasteiger partial charge in [0.1, 0.15) is 34.5 Å². The summed E-state index contributed by atoms with van der Waals surface area (Å²) in [6.45, 7) is 12.9. The van der Waals surface area contributed by atoms with Gasteiger partial charge in [-0.15, -0.1) is 6.58 Å². The molecule has 0 bridgehead atoms. The third-order valence-electron chi connectivity index (χ3n) is 10.4. The van der Waals surface area contributed by atoms with E-state index in [-0.39, 0.29) is 52.2 Å². The Morgan fingerprint density at radius 1 is 1.13 bits per heavy atom. The molecule has 52 heavy (non-hydrogen) atoms. The van der Waals surface area contributed by atoms with Crippen molar-refractivity contribution < 1.29 is 23.6 Å². The highest BCUT2D eigenvalue weighted by molar-refractivity contribution is 9.10. The van der Waals surface area contributed by atoms with E-state index in [1.807, 2.05) is 26.0 Å². The molecule has 4 heterocycles. The molecule has 4 atom stereocenters. The molecule has 2 fully saturated rings. The number of likely N-dealkylation sites (tertiary alicyclic amines) is 1. The van der Waals surface area contributed by atoms with Crippen LogP contribution in [0.15, 0.2) is 47.9 Å². The normalized spacial score (nSPS) is 20.4. The molecule has 1 aliphatic heterocycles. The van der Waals surface area contributed by atoms with Crippen molar-refractivity contribution in [1.82, 2.24) is 34.9 Å². The van der Waals surface area contributed by atoms with Crippen molar-refractivity contribution in [2.75, 3.05) is 11.9 Å². The Morgan fingerprint density at radius 2 is 1.87 bits per heavy atom. The average molecular weight is 774 g/mol. The molecule has 1 aliphatic carbocycles. The van der Waals surface area contributed by atoms with Crippen LogP contribution in [0.25, 0.3) is 22.0 Å². The van der Waals surface area contributed by atoms with E-state index in [0.717, 1.165) is 29.5 Å². The van der Waals surface area contributed by atoms with Crippen LogP contribution in [-0.4, -0.2) is 71.8 Å². The van der Waals surface area contributed by atoms with Crippen molar-refractivity contribution in [3.63, 3.8) is 0 Å². The van der Waals surface area contributed by atoms with Gasteiger partial charge in [-0.1, -0.05) is 26.3 Å². The van der Waals surface area contributed by atoms with E-state index in [1.54, 1.807) is 41.9 Å². The van der Waals surface area contributed by atoms with Gasteiger partial charge in [-0.05, 0) is 89.8 Å². The molecule has 4 aromatic rings. The fourth-order valence-corrected chi connectivity index (χ4v) is 7.91. The van der Waals surface area contributed by atoms with Crippen LogP contribution >= 0.6 is 15.9 Å². The number of nitrogens with one attached hydrogen (secondary N) is 2. The molecule has 1 saturated heterocycles. The second-order valence-electron chi connectivity index (χ2n) is 13.9. The van der Waals surface area contributed by atoms with Gasteiger partial charge >= 0.3 is 0 Å². The first-order valence-corrected chi connectivity index (χ1v) is 18.2. The van der Waals surface area contributed by atoms with Gasteiger partial charge in [0.2, 0.25) is 17.7 Å². The number of fused-ring (bicyclic) bond motifs is 2. The summed E-state index contributed by atoms with van der Waals surface area (Å²) in [7, 11) is 0. The van der Waals surface area contributed by atoms with Gasteiger partial charge in [-0.3, -0.25) is 23.9 Å². The number of carbonyl (C=O) groups is 4. The lowest BCUT2D eigenvalue weighted by Gasteiger charge is -2.28. The summed E-state index contributed by atoms with van der Waals surface area (Å²) in [5.41, 5.74) is 3.10. The summed E-state index contributed by atoms with van der Waals surface area (Å²) in [6, 6.07) is 3.86. The third-order valence-corrected chi connectivity index (χ3v) is 11.0. The molecule has 0 spiro atoms. The molecule has 1 aromatic carbocycles. The monoisotopic (exact) mass is 772 g/mol. The Kier molecular flexibility index (Phi) is 10.4. The summed E-state index contributed by atoms with van der Waals surface area (Å²) >= 11 is 3.09. The van der Waals surface area contributed by atoms with E-state index in [9.17, 15) is 23.6 Å². The maximum Gasteiger partial charge on any atom is 0.248 e. The van der Waals surface area contributed by atoms with E-state index in [2.05, 4.69) is 53.2 Å². The van der Waals surface area contributed by atoms with Crippen LogP contribution < -0.4 is 10.6 Å². The molecular weight excluding hydrogens is 731 g/mol. The number of benzene rings is 1. The molecule has 1 unspecified atom stereocenters. The van der Waals surface area contributed by atoms with Crippen LogP contribution in [-0.2, 0) is 27.3 Å². The van der Waals surface area contributed by atoms with Crippen LogP contribution in [0.1, 0.15) is 73.9 Å². The van der Waals surface area contributed by atoms with Crippen molar-refractivity contribution in [2.24, 2.45) is 11.3 Å². The minimum absolute atomic E-state index is 0.00422. The fraction of sp³-hybridized carbons (Fsp3) is 0.421. The predicted octanol–water partition coefficient (Wildman–Crippen LogP) is 5.89. The smallest absolute Gasteiger partial charge is 0.248 e. The molecule has 272 valence electrons. The summed E-state index contributed by atoms with van der Waals surface area (Å²) in [5, 5.41) is 11.1. The third kappa shape index (κ3) is 6.87. The van der Waals surface area contributed by atoms with Gasteiger partial charge in [0.15, 0.2) is 11.6 Å². The number of allylic oxidation sites excluding steroid dienone is 1. The molecule has 3 aromatic heterocycles. The van der Waals surface area contributed by atoms with E-state index in [4.69, 9.17) is 0 Å². The SMILES string of the molecule is C=CCc1cc(-c2cnc(C)nc2)cc2c(C(C)=O)nn(CC(=O)N3C4[C@H](C)[C@]4(CNC(=O)CCCC)C[C@H]3C(=O)Nc3nc(Br)c(F)cc3C)c12. The first-order valence-electron chi connectivity index (χ1n) is 17.4. The number of hydrogen-bond donors (Lipinski definition) is 2. The lowest BCUT2D eigenvalue weighted by Crippen LogP contribution is -2.47. The summed E-state index contributed by atoms with van der Waals surface area (Å²) in [6.07, 6.45) is 7.99. The van der Waals surface area contributed by atoms with E-state index < -0.39 is 23.2 Å². The molecular formula is C38H42BrFN8O4. The number of carbonyl (C=O) groups excluding carboxylic acids is 4. The second-order valence-corrected chi connectivity index (χ2v) is 14.6. The zero-order valence-corrected chi connectivity index (χ0v) is 31.5. The highest BCUT2D eigenvalue weighted by atomic mass is 79.9. The number of amides is 3. The predicted molar refractivity (Wildman–Crippen MR) is 198 cm³/mol. The van der Waals surface area contributed by atoms with Crippen molar-refractivity contribution in [3.05, 3.63) is 76.3 Å². The standard InChI is InChI=1S/C38H42BrFN8O4/c1-7-9-11-30(50)43-19-38-15-29(37(52)45-36-20(3)12-28(40)35(39)44-36)48(34(38)21(38)4)31(51)18-47-33-24(10-8-2)13-25(26-16-41-23(6)42-17-26)14-27(33)32(46-47)22(5)49/h8,12-14,16-17,21,29,34H,2,7,9-11,15,18-19H2,1,3-6H3,(H,43,50)(H,44,45,52)/t21-,29-,34?,38+/m0/s1. The quantitative estimate of drug-likeness (QED) is 0.0971. The van der Waals surface area contributed by atoms with Gasteiger partial charge < -0.3 is 15.5 Å². The zero-order valence-electron chi connectivity index (χ0n) is 29.9. The number of piperidine rings is 1. The first-order chi connectivity index (χ1) is 24.8. The number of ketones is 1. The van der Waals surface area contributed by atoms with Gasteiger partial charge in [0.05, 0.1) is 5.52 Å². The number of rotatable bonds is 13. The number of Topliss-reactive ketones (excluding diaryl/α,β-unsaturated/α-hetero) is 1. The van der Waals surface area contributed by atoms with Gasteiger partial charge in [-0.25, -0.2) is 19.3 Å². The lowest BCUT2D eigenvalue weighted by molar-refractivity contribution is -0.139. The lowest BCUT2D eigenvalue weighted by atomic mass is 9.95. The Morgan fingerprint density at radius 3 is 2.54 bits per heavy atom. The van der Waals surface area contributed by atoms with E-state index in [1.165, 1.54) is 13.0 Å². The maximum absolute atomic E-state index is 14.6. The molecule has 3 amide bonds. The van der Waals surface area contributed by atoms with E-state index in [0.29, 0.717) is 48.1 Å². The minimum Gasteiger partial charge on any atom is -0.355 e. The van der Waals surface area contributed by atoms with Crippen LogP contribution in [0.3, 0.4) is 0 Å². The number of halogens is 2. The number of hydrogen-bond acceptors (Lipinski definition) is 8. The van der Waals surface area contributed by atoms with Crippen LogP contribution in [0.4, 0.5) is 10.2 Å². The Hall–Kier alpha value is -4.85. The second kappa shape index (κ2) is 14.6. The van der Waals surface area contributed by atoms with Crippen molar-refractivity contribution >= 4 is 56.2 Å². The largest absolute Gasteiger partial charge is 0.355 e. The Balaban J connectivity index is 1.37. The summed E-state index contributed by atoms with van der Waals surface area (Å²) in [5.74, 6) is -0.915. The molecule has 0 radical (unpaired) electrons. The number of nitrogens with zero attached hydrogens (tertiary/aromatic N) is 6. The van der Waals surface area contributed by atoms with Gasteiger partial charge in [-0.2, -0.15) is 5.10 Å². The van der Waals surface area contributed by atoms with Crippen LogP contribution in [0, 0.1) is 31.0 Å². The summed E-state index contributed by atoms with van der Waals surface area (Å²) < 4.78 is 15.7. The molecule has 1 saturated carbocycles. The summed E-state index contributed by atoms with van der Waals surface area (Å²) in [4.78, 5) is 68.7. The number of aryl methyl sites for hydroxylation is 2. The minimum atomic E-state index is -0.902. The first kappa shape index (κ1) is 36.9. The average Bonchev–Trinajstić information content (AvgIpc) is 3.36. The number of pyridine rings is 1. The van der Waals surface area contributed by atoms with Crippen molar-refractivity contribution in [1.29, 1.82) is 0 Å². The maximum atomic E-state index is 14.6. The molecule has 2 aliphatic rings. The van der Waals surface area contributed by atoms with Crippen molar-refractivity contribution in [2.45, 2.75) is 85.4 Å². The molecule has 2 N–H and O–H groups in total. The van der Waals surface area contributed by atoms with Gasteiger partial charge in [0, 0.05) is 54.7 Å². The van der Waals surface area contributed by atoms with E-state index >= 15 is 0 Å². The Bertz CT molecular complexity index is 2100. The van der Waals surface area contributed by atoms with Crippen LogP contribution in [0.2, 0.25) is 0 Å². The highest BCUT2D eigenvalue weighted by Gasteiger charge is 2.72. The number of unbranched alkanes of at least 4 members (excludes halogenated alkanes) is 1. The zero-order chi connectivity index (χ0) is 37.5. The number of anilines is 1. The fourth-order valence-electron chi connectivity index (χ4n) is 7.62. The molecule has 6 rings (SSSR count). The Labute approximate surface area is 309 Å². The molecule has 14 heteroatoms. The molecule has 12 nitrogen and oxygen atoms in total. The van der Waals surface area contributed by atoms with Gasteiger partial charge in [0.25, 0.3) is 0 Å². The highest BCUT2D eigenvalue weighted by Crippen LogP contribution is 2.64. The topological polar surface area (TPSA) is 152 Å². The van der Waals surface area contributed by atoms with Crippen molar-refractivity contribution in [3.8, 4) is 11.1 Å². The van der Waals surface area contributed by atoms with Crippen LogP contribution in [0.5, 0.6) is 0 Å².